The summed E-state index contributed by atoms with van der Waals surface area (Å²) in [5, 5.41) is 17.9. The summed E-state index contributed by atoms with van der Waals surface area (Å²) in [6.45, 7) is -0.232. The third-order valence-electron chi connectivity index (χ3n) is 2.41. The largest absolute Gasteiger partial charge is 0.394 e. The fourth-order valence-corrected chi connectivity index (χ4v) is 2.45. The predicted molar refractivity (Wildman–Crippen MR) is 71.7 cm³/mol. The lowest BCUT2D eigenvalue weighted by molar-refractivity contribution is -0.120. The van der Waals surface area contributed by atoms with E-state index in [1.54, 1.807) is 0 Å². The van der Waals surface area contributed by atoms with Crippen LogP contribution in [0.4, 0.5) is 0 Å². The molecule has 1 amide bonds. The molecule has 0 aliphatic heterocycles. The van der Waals surface area contributed by atoms with E-state index in [0.29, 0.717) is 11.5 Å². The molecule has 0 saturated heterocycles. The van der Waals surface area contributed by atoms with Crippen molar-refractivity contribution in [3.63, 3.8) is 0 Å². The van der Waals surface area contributed by atoms with E-state index < -0.39 is 6.10 Å². The van der Waals surface area contributed by atoms with Crippen LogP contribution in [0.15, 0.2) is 24.3 Å². The lowest BCUT2D eigenvalue weighted by atomic mass is 10.1. The van der Waals surface area contributed by atoms with Crippen molar-refractivity contribution in [2.75, 3.05) is 12.4 Å². The standard InChI is InChI=1S/C12H18N2O3S/c13-14-12(17)5-9-3-1-2-4-10(9)7-18-8-11(16)6-15/h1-4,11,15-16H,5-8,13H2,(H,14,17). The van der Waals surface area contributed by atoms with Crippen molar-refractivity contribution in [2.24, 2.45) is 5.84 Å². The number of carbonyl (C=O) groups is 1. The van der Waals surface area contributed by atoms with Crippen molar-refractivity contribution in [2.45, 2.75) is 18.3 Å². The van der Waals surface area contributed by atoms with Crippen molar-refractivity contribution >= 4 is 17.7 Å². The Bertz CT molecular complexity index is 387. The first-order valence-electron chi connectivity index (χ1n) is 5.60. The van der Waals surface area contributed by atoms with Gasteiger partial charge in [0, 0.05) is 11.5 Å². The normalized spacial score (nSPS) is 12.2. The quantitative estimate of drug-likeness (QED) is 0.313. The number of aliphatic hydroxyl groups is 2. The van der Waals surface area contributed by atoms with Gasteiger partial charge in [-0.15, -0.1) is 0 Å². The Balaban J connectivity index is 2.56. The Kier molecular flexibility index (Phi) is 6.74. The number of hydrazine groups is 1. The van der Waals surface area contributed by atoms with Crippen molar-refractivity contribution < 1.29 is 15.0 Å². The molecule has 0 fully saturated rings. The molecule has 0 heterocycles. The molecular formula is C12H18N2O3S. The molecule has 0 saturated carbocycles. The van der Waals surface area contributed by atoms with Crippen molar-refractivity contribution in [3.8, 4) is 0 Å². The summed E-state index contributed by atoms with van der Waals surface area (Å²) in [4.78, 5) is 11.2. The van der Waals surface area contributed by atoms with Crippen LogP contribution >= 0.6 is 11.8 Å². The predicted octanol–water partition coefficient (Wildman–Crippen LogP) is -0.195. The smallest absolute Gasteiger partial charge is 0.238 e. The van der Waals surface area contributed by atoms with E-state index in [2.05, 4.69) is 5.43 Å². The lowest BCUT2D eigenvalue weighted by Crippen LogP contribution is -2.31. The molecule has 0 aromatic heterocycles. The Morgan fingerprint density at radius 3 is 2.67 bits per heavy atom. The van der Waals surface area contributed by atoms with Gasteiger partial charge < -0.3 is 10.2 Å². The first kappa shape index (κ1) is 15.0. The van der Waals surface area contributed by atoms with Gasteiger partial charge >= 0.3 is 0 Å². The molecule has 1 atom stereocenters. The summed E-state index contributed by atoms with van der Waals surface area (Å²) in [5.41, 5.74) is 4.07. The number of thioether (sulfide) groups is 1. The van der Waals surface area contributed by atoms with Gasteiger partial charge in [0.15, 0.2) is 0 Å². The van der Waals surface area contributed by atoms with Gasteiger partial charge in [-0.2, -0.15) is 11.8 Å². The summed E-state index contributed by atoms with van der Waals surface area (Å²) in [6.07, 6.45) is -0.454. The zero-order chi connectivity index (χ0) is 13.4. The minimum Gasteiger partial charge on any atom is -0.394 e. The first-order chi connectivity index (χ1) is 8.67. The highest BCUT2D eigenvalue weighted by Gasteiger charge is 2.08. The van der Waals surface area contributed by atoms with Crippen LogP contribution in [0, 0.1) is 0 Å². The van der Waals surface area contributed by atoms with Crippen LogP contribution < -0.4 is 11.3 Å². The highest BCUT2D eigenvalue weighted by Crippen LogP contribution is 2.17. The van der Waals surface area contributed by atoms with Gasteiger partial charge in [0.1, 0.15) is 0 Å². The maximum absolute atomic E-state index is 11.2. The van der Waals surface area contributed by atoms with E-state index in [0.717, 1.165) is 11.1 Å². The molecule has 0 aliphatic carbocycles. The average molecular weight is 270 g/mol. The second-order valence-corrected chi connectivity index (χ2v) is 4.89. The van der Waals surface area contributed by atoms with Crippen LogP contribution in [0.25, 0.3) is 0 Å². The number of benzene rings is 1. The molecule has 1 rings (SSSR count). The Morgan fingerprint density at radius 2 is 2.06 bits per heavy atom. The number of carbonyl (C=O) groups excluding carboxylic acids is 1. The average Bonchev–Trinajstić information content (AvgIpc) is 2.40. The molecule has 0 bridgehead atoms. The number of aliphatic hydroxyl groups excluding tert-OH is 2. The molecule has 0 aliphatic rings. The summed E-state index contributed by atoms with van der Waals surface area (Å²) in [6, 6.07) is 7.60. The molecule has 100 valence electrons. The van der Waals surface area contributed by atoms with Crippen molar-refractivity contribution in [3.05, 3.63) is 35.4 Å². The van der Waals surface area contributed by atoms with Gasteiger partial charge in [-0.3, -0.25) is 10.2 Å². The Labute approximate surface area is 110 Å². The van der Waals surface area contributed by atoms with E-state index in [1.807, 2.05) is 24.3 Å². The van der Waals surface area contributed by atoms with E-state index >= 15 is 0 Å². The molecule has 0 radical (unpaired) electrons. The van der Waals surface area contributed by atoms with Gasteiger partial charge in [-0.1, -0.05) is 24.3 Å². The van der Waals surface area contributed by atoms with Gasteiger partial charge in [0.05, 0.1) is 19.1 Å². The topological polar surface area (TPSA) is 95.6 Å². The number of amides is 1. The van der Waals surface area contributed by atoms with Gasteiger partial charge in [0.2, 0.25) is 5.91 Å². The molecule has 1 unspecified atom stereocenters. The minimum absolute atomic E-state index is 0.232. The molecule has 1 aromatic carbocycles. The third kappa shape index (κ3) is 5.05. The maximum atomic E-state index is 11.2. The summed E-state index contributed by atoms with van der Waals surface area (Å²) >= 11 is 1.51. The molecule has 6 heteroatoms. The van der Waals surface area contributed by atoms with E-state index in [1.165, 1.54) is 11.8 Å². The molecule has 5 nitrogen and oxygen atoms in total. The van der Waals surface area contributed by atoms with Crippen LogP contribution in [0.1, 0.15) is 11.1 Å². The summed E-state index contributed by atoms with van der Waals surface area (Å²) in [5.74, 6) is 5.98. The number of hydrogen-bond donors (Lipinski definition) is 4. The van der Waals surface area contributed by atoms with E-state index in [-0.39, 0.29) is 18.9 Å². The SMILES string of the molecule is NNC(=O)Cc1ccccc1CSCC(O)CO. The zero-order valence-corrected chi connectivity index (χ0v) is 10.8. The zero-order valence-electron chi connectivity index (χ0n) is 10.0. The maximum Gasteiger partial charge on any atom is 0.238 e. The molecule has 1 aromatic rings. The van der Waals surface area contributed by atoms with Gasteiger partial charge in [-0.05, 0) is 11.1 Å². The lowest BCUT2D eigenvalue weighted by Gasteiger charge is -2.10. The van der Waals surface area contributed by atoms with Crippen molar-refractivity contribution in [1.82, 2.24) is 5.43 Å². The van der Waals surface area contributed by atoms with Gasteiger partial charge in [0.25, 0.3) is 0 Å². The third-order valence-corrected chi connectivity index (χ3v) is 3.54. The van der Waals surface area contributed by atoms with E-state index in [9.17, 15) is 9.90 Å². The number of nitrogens with one attached hydrogen (secondary N) is 1. The first-order valence-corrected chi connectivity index (χ1v) is 6.75. The summed E-state index contributed by atoms with van der Waals surface area (Å²) < 4.78 is 0. The number of nitrogens with two attached hydrogens (primary N) is 1. The van der Waals surface area contributed by atoms with E-state index in [4.69, 9.17) is 10.9 Å². The van der Waals surface area contributed by atoms with Crippen LogP contribution in [-0.4, -0.2) is 34.6 Å². The van der Waals surface area contributed by atoms with Gasteiger partial charge in [-0.25, -0.2) is 5.84 Å². The molecular weight excluding hydrogens is 252 g/mol. The van der Waals surface area contributed by atoms with Crippen LogP contribution in [0.5, 0.6) is 0 Å². The second kappa shape index (κ2) is 8.10. The fourth-order valence-electron chi connectivity index (χ4n) is 1.45. The summed E-state index contributed by atoms with van der Waals surface area (Å²) in [7, 11) is 0. The Hall–Kier alpha value is -1.08. The minimum atomic E-state index is -0.700. The monoisotopic (exact) mass is 270 g/mol. The fraction of sp³-hybridized carbons (Fsp3) is 0.417. The van der Waals surface area contributed by atoms with Crippen molar-refractivity contribution in [1.29, 1.82) is 0 Å². The number of hydrogen-bond acceptors (Lipinski definition) is 5. The van der Waals surface area contributed by atoms with Crippen LogP contribution in [-0.2, 0) is 17.0 Å². The molecule has 5 N–H and O–H groups in total. The Morgan fingerprint density at radius 1 is 1.39 bits per heavy atom. The van der Waals surface area contributed by atoms with Crippen LogP contribution in [0.3, 0.4) is 0 Å². The molecule has 0 spiro atoms. The second-order valence-electron chi connectivity index (χ2n) is 3.86. The highest BCUT2D eigenvalue weighted by molar-refractivity contribution is 7.98. The number of rotatable bonds is 7. The highest BCUT2D eigenvalue weighted by atomic mass is 32.2. The molecule has 18 heavy (non-hydrogen) atoms. The van der Waals surface area contributed by atoms with Crippen LogP contribution in [0.2, 0.25) is 0 Å².